The number of aromatic nitrogens is 3. The van der Waals surface area contributed by atoms with E-state index in [4.69, 9.17) is 5.26 Å². The molecule has 1 fully saturated rings. The molecule has 0 aromatic carbocycles. The van der Waals surface area contributed by atoms with E-state index in [0.717, 1.165) is 59.1 Å². The molecule has 132 valence electrons. The molecule has 0 radical (unpaired) electrons. The first-order valence-corrected chi connectivity index (χ1v) is 8.80. The third-order valence-corrected chi connectivity index (χ3v) is 4.99. The number of carbonyl (C=O) groups is 1. The van der Waals surface area contributed by atoms with Crippen LogP contribution < -0.4 is 10.2 Å². The van der Waals surface area contributed by atoms with E-state index in [-0.39, 0.29) is 18.4 Å². The average molecular weight is 348 g/mol. The third-order valence-electron chi connectivity index (χ3n) is 4.99. The molecule has 0 spiro atoms. The van der Waals surface area contributed by atoms with Crippen LogP contribution in [-0.4, -0.2) is 40.0 Å². The second kappa shape index (κ2) is 6.64. The first-order chi connectivity index (χ1) is 12.7. The topological polar surface area (TPSA) is 97.7 Å². The number of rotatable bonds is 3. The number of anilines is 1. The Hall–Kier alpha value is -3.14. The molecular weight excluding hydrogens is 328 g/mol. The SMILES string of the molecule is Cc1[nH]cc(N2CCCC(NC(=O)CC#N)C2)c2c1cnc1nccc12. The number of pyridine rings is 2. The van der Waals surface area contributed by atoms with Crippen molar-refractivity contribution in [1.82, 2.24) is 20.3 Å². The predicted molar refractivity (Wildman–Crippen MR) is 99.7 cm³/mol. The Labute approximate surface area is 151 Å². The summed E-state index contributed by atoms with van der Waals surface area (Å²) in [6.07, 6.45) is 7.51. The molecule has 1 atom stereocenters. The fourth-order valence-electron chi connectivity index (χ4n) is 3.76. The Morgan fingerprint density at radius 2 is 2.35 bits per heavy atom. The molecular formula is C19H20N6O. The van der Waals surface area contributed by atoms with E-state index in [9.17, 15) is 4.79 Å². The normalized spacial score (nSPS) is 17.4. The molecule has 0 bridgehead atoms. The van der Waals surface area contributed by atoms with Crippen LogP contribution in [0.15, 0.2) is 24.7 Å². The third kappa shape index (κ3) is 2.84. The molecule has 1 saturated heterocycles. The van der Waals surface area contributed by atoms with Gasteiger partial charge < -0.3 is 15.2 Å². The van der Waals surface area contributed by atoms with Crippen molar-refractivity contribution in [2.75, 3.05) is 18.0 Å². The Kier molecular flexibility index (Phi) is 4.17. The first kappa shape index (κ1) is 16.3. The summed E-state index contributed by atoms with van der Waals surface area (Å²) < 4.78 is 0. The van der Waals surface area contributed by atoms with Crippen LogP contribution in [0.2, 0.25) is 0 Å². The van der Waals surface area contributed by atoms with Crippen LogP contribution in [0, 0.1) is 18.3 Å². The standard InChI is InChI=1S/C19H20N6O/c1-12-15-9-23-19-14(5-7-21-19)18(15)16(10-22-12)25-8-2-3-13(11-25)24-17(26)4-6-20/h5,7,9-10,13,22H,2-4,8,11H2,1H3,(H,24,26). The molecule has 1 aliphatic heterocycles. The van der Waals surface area contributed by atoms with Gasteiger partial charge in [-0.3, -0.25) is 4.79 Å². The highest BCUT2D eigenvalue weighted by atomic mass is 16.1. The minimum absolute atomic E-state index is 0.0519. The first-order valence-electron chi connectivity index (χ1n) is 8.80. The van der Waals surface area contributed by atoms with Crippen molar-refractivity contribution in [3.63, 3.8) is 0 Å². The van der Waals surface area contributed by atoms with Crippen molar-refractivity contribution < 1.29 is 4.79 Å². The van der Waals surface area contributed by atoms with Crippen LogP contribution in [0.4, 0.5) is 5.69 Å². The number of carbonyl (C=O) groups excluding carboxylic acids is 1. The summed E-state index contributed by atoms with van der Waals surface area (Å²) >= 11 is 0. The van der Waals surface area contributed by atoms with Gasteiger partial charge in [0.2, 0.25) is 5.91 Å². The lowest BCUT2D eigenvalue weighted by Crippen LogP contribution is -2.47. The molecule has 4 rings (SSSR count). The number of aryl methyl sites for hydroxylation is 1. The summed E-state index contributed by atoms with van der Waals surface area (Å²) in [5.74, 6) is -0.202. The molecule has 1 unspecified atom stereocenters. The van der Waals surface area contributed by atoms with Gasteiger partial charge in [0.15, 0.2) is 5.65 Å². The number of piperidine rings is 1. The highest BCUT2D eigenvalue weighted by Gasteiger charge is 2.24. The quantitative estimate of drug-likeness (QED) is 0.757. The zero-order valence-electron chi connectivity index (χ0n) is 14.6. The zero-order chi connectivity index (χ0) is 18.1. The molecule has 4 heterocycles. The van der Waals surface area contributed by atoms with Crippen LogP contribution >= 0.6 is 0 Å². The molecule has 3 aromatic rings. The molecule has 2 N–H and O–H groups in total. The van der Waals surface area contributed by atoms with Crippen LogP contribution in [0.25, 0.3) is 21.8 Å². The molecule has 0 aliphatic carbocycles. The smallest absolute Gasteiger partial charge is 0.234 e. The van der Waals surface area contributed by atoms with E-state index in [2.05, 4.69) is 25.2 Å². The molecule has 7 nitrogen and oxygen atoms in total. The molecule has 26 heavy (non-hydrogen) atoms. The van der Waals surface area contributed by atoms with E-state index >= 15 is 0 Å². The van der Waals surface area contributed by atoms with Crippen LogP contribution in [0.1, 0.15) is 25.0 Å². The van der Waals surface area contributed by atoms with Gasteiger partial charge in [-0.25, -0.2) is 9.97 Å². The van der Waals surface area contributed by atoms with Crippen LogP contribution in [-0.2, 0) is 4.79 Å². The second-order valence-corrected chi connectivity index (χ2v) is 6.72. The number of amides is 1. The molecule has 1 amide bonds. The van der Waals surface area contributed by atoms with E-state index in [0.29, 0.717) is 0 Å². The van der Waals surface area contributed by atoms with Gasteiger partial charge in [0.1, 0.15) is 6.42 Å². The Balaban J connectivity index is 1.72. The molecule has 3 aromatic heterocycles. The number of nitrogens with zero attached hydrogens (tertiary/aromatic N) is 4. The fraction of sp³-hybridized carbons (Fsp3) is 0.368. The monoisotopic (exact) mass is 348 g/mol. The Bertz CT molecular complexity index is 1020. The molecule has 1 aliphatic rings. The lowest BCUT2D eigenvalue weighted by Gasteiger charge is -2.35. The summed E-state index contributed by atoms with van der Waals surface area (Å²) in [5.41, 5.74) is 2.92. The number of H-pyrrole nitrogens is 1. The van der Waals surface area contributed by atoms with Gasteiger partial charge in [0.05, 0.1) is 11.8 Å². The predicted octanol–water partition coefficient (Wildman–Crippen LogP) is 2.42. The Morgan fingerprint density at radius 1 is 1.46 bits per heavy atom. The largest absolute Gasteiger partial charge is 0.368 e. The van der Waals surface area contributed by atoms with Gasteiger partial charge in [-0.05, 0) is 25.8 Å². The lowest BCUT2D eigenvalue weighted by molar-refractivity contribution is -0.120. The summed E-state index contributed by atoms with van der Waals surface area (Å²) in [4.78, 5) is 26.2. The number of nitrogens with one attached hydrogen (secondary N) is 2. The number of hydrogen-bond acceptors (Lipinski definition) is 5. The fourth-order valence-corrected chi connectivity index (χ4v) is 3.76. The van der Waals surface area contributed by atoms with Crippen molar-refractivity contribution in [3.05, 3.63) is 30.4 Å². The van der Waals surface area contributed by atoms with Crippen molar-refractivity contribution in [2.24, 2.45) is 0 Å². The van der Waals surface area contributed by atoms with Gasteiger partial charge in [0.25, 0.3) is 0 Å². The number of fused-ring (bicyclic) bond motifs is 3. The maximum absolute atomic E-state index is 11.8. The van der Waals surface area contributed by atoms with Crippen LogP contribution in [0.3, 0.4) is 0 Å². The van der Waals surface area contributed by atoms with Crippen molar-refractivity contribution in [1.29, 1.82) is 5.26 Å². The van der Waals surface area contributed by atoms with E-state index in [1.165, 1.54) is 0 Å². The number of hydrogen-bond donors (Lipinski definition) is 2. The second-order valence-electron chi connectivity index (χ2n) is 6.72. The van der Waals surface area contributed by atoms with E-state index in [1.54, 1.807) is 6.20 Å². The maximum atomic E-state index is 11.8. The molecule has 7 heteroatoms. The van der Waals surface area contributed by atoms with Crippen molar-refractivity contribution >= 4 is 33.4 Å². The van der Waals surface area contributed by atoms with Crippen molar-refractivity contribution in [2.45, 2.75) is 32.2 Å². The van der Waals surface area contributed by atoms with Gasteiger partial charge in [-0.2, -0.15) is 5.26 Å². The maximum Gasteiger partial charge on any atom is 0.234 e. The summed E-state index contributed by atoms with van der Waals surface area (Å²) in [6, 6.07) is 3.96. The highest BCUT2D eigenvalue weighted by molar-refractivity contribution is 6.11. The zero-order valence-corrected chi connectivity index (χ0v) is 14.6. The minimum Gasteiger partial charge on any atom is -0.368 e. The number of aromatic amines is 1. The highest BCUT2D eigenvalue weighted by Crippen LogP contribution is 2.34. The summed E-state index contributed by atoms with van der Waals surface area (Å²) in [7, 11) is 0. The van der Waals surface area contributed by atoms with E-state index < -0.39 is 0 Å². The summed E-state index contributed by atoms with van der Waals surface area (Å²) in [5, 5.41) is 14.9. The molecule has 0 saturated carbocycles. The van der Waals surface area contributed by atoms with E-state index in [1.807, 2.05) is 31.5 Å². The average Bonchev–Trinajstić information content (AvgIpc) is 3.11. The van der Waals surface area contributed by atoms with Gasteiger partial charge >= 0.3 is 0 Å². The van der Waals surface area contributed by atoms with Gasteiger partial charge in [-0.15, -0.1) is 0 Å². The van der Waals surface area contributed by atoms with Crippen molar-refractivity contribution in [3.8, 4) is 6.07 Å². The lowest BCUT2D eigenvalue weighted by atomic mass is 10.0. The number of nitriles is 1. The minimum atomic E-state index is -0.202. The van der Waals surface area contributed by atoms with Gasteiger partial charge in [0, 0.05) is 59.6 Å². The summed E-state index contributed by atoms with van der Waals surface area (Å²) in [6.45, 7) is 3.69. The van der Waals surface area contributed by atoms with Gasteiger partial charge in [-0.1, -0.05) is 0 Å². The van der Waals surface area contributed by atoms with Crippen LogP contribution in [0.5, 0.6) is 0 Å². The Morgan fingerprint density at radius 3 is 3.19 bits per heavy atom.